The summed E-state index contributed by atoms with van der Waals surface area (Å²) in [5.41, 5.74) is 2.82. The average molecular weight is 281 g/mol. The van der Waals surface area contributed by atoms with Crippen molar-refractivity contribution in [2.24, 2.45) is 0 Å². The number of benzene rings is 1. The molecule has 3 rings (SSSR count). The zero-order valence-corrected chi connectivity index (χ0v) is 12.1. The third kappa shape index (κ3) is 2.16. The van der Waals surface area contributed by atoms with Gasteiger partial charge in [-0.05, 0) is 32.0 Å². The topological polar surface area (TPSA) is 59.2 Å². The summed E-state index contributed by atoms with van der Waals surface area (Å²) in [6.45, 7) is 3.62. The van der Waals surface area contributed by atoms with Crippen molar-refractivity contribution in [3.63, 3.8) is 0 Å². The SMILES string of the molecule is Cc1noc(C)c1N(C)C(=O)c1cccc2ncccc12. The Hall–Kier alpha value is -2.69. The number of aromatic nitrogens is 2. The van der Waals surface area contributed by atoms with Gasteiger partial charge >= 0.3 is 0 Å². The lowest BCUT2D eigenvalue weighted by molar-refractivity contribution is 0.0994. The Morgan fingerprint density at radius 3 is 2.71 bits per heavy atom. The van der Waals surface area contributed by atoms with Crippen LogP contribution in [-0.2, 0) is 0 Å². The molecule has 3 aromatic rings. The van der Waals surface area contributed by atoms with Crippen LogP contribution in [0.3, 0.4) is 0 Å². The number of aryl methyl sites for hydroxylation is 2. The highest BCUT2D eigenvalue weighted by atomic mass is 16.5. The van der Waals surface area contributed by atoms with Crippen LogP contribution in [0.2, 0.25) is 0 Å². The van der Waals surface area contributed by atoms with Crippen molar-refractivity contribution >= 4 is 22.5 Å². The number of rotatable bonds is 2. The van der Waals surface area contributed by atoms with Crippen LogP contribution in [0, 0.1) is 13.8 Å². The number of carbonyl (C=O) groups is 1. The molecule has 0 unspecified atom stereocenters. The van der Waals surface area contributed by atoms with E-state index in [1.165, 1.54) is 0 Å². The van der Waals surface area contributed by atoms with E-state index in [1.807, 2.05) is 31.2 Å². The van der Waals surface area contributed by atoms with E-state index in [0.717, 1.165) is 10.9 Å². The smallest absolute Gasteiger partial charge is 0.258 e. The van der Waals surface area contributed by atoms with Gasteiger partial charge in [0.2, 0.25) is 0 Å². The van der Waals surface area contributed by atoms with Gasteiger partial charge in [-0.1, -0.05) is 17.3 Å². The summed E-state index contributed by atoms with van der Waals surface area (Å²) in [5.74, 6) is 0.518. The largest absolute Gasteiger partial charge is 0.359 e. The maximum atomic E-state index is 12.8. The normalized spacial score (nSPS) is 10.8. The fraction of sp³-hybridized carbons (Fsp3) is 0.188. The molecule has 2 heterocycles. The van der Waals surface area contributed by atoms with Gasteiger partial charge in [0.05, 0.1) is 5.52 Å². The zero-order valence-electron chi connectivity index (χ0n) is 12.1. The maximum absolute atomic E-state index is 12.8. The minimum atomic E-state index is -0.108. The number of amides is 1. The van der Waals surface area contributed by atoms with Crippen LogP contribution in [-0.4, -0.2) is 23.1 Å². The summed E-state index contributed by atoms with van der Waals surface area (Å²) in [5, 5.41) is 4.73. The lowest BCUT2D eigenvalue weighted by Crippen LogP contribution is -2.27. The van der Waals surface area contributed by atoms with Crippen molar-refractivity contribution in [2.75, 3.05) is 11.9 Å². The number of carbonyl (C=O) groups excluding carboxylic acids is 1. The molecule has 2 aromatic heterocycles. The molecule has 0 aliphatic carbocycles. The predicted octanol–water partition coefficient (Wildman–Crippen LogP) is 3.12. The van der Waals surface area contributed by atoms with Crippen LogP contribution in [0.1, 0.15) is 21.8 Å². The van der Waals surface area contributed by atoms with Crippen molar-refractivity contribution in [1.29, 1.82) is 0 Å². The Balaban J connectivity index is 2.09. The molecule has 1 amide bonds. The van der Waals surface area contributed by atoms with E-state index >= 15 is 0 Å². The molecule has 0 atom stereocenters. The molecule has 0 aliphatic heterocycles. The standard InChI is InChI=1S/C16H15N3O2/c1-10-15(11(2)21-18-10)19(3)16(20)13-6-4-8-14-12(13)7-5-9-17-14/h4-9H,1-3H3. The van der Waals surface area contributed by atoms with Crippen LogP contribution in [0.25, 0.3) is 10.9 Å². The Labute approximate surface area is 122 Å². The van der Waals surface area contributed by atoms with Crippen molar-refractivity contribution in [2.45, 2.75) is 13.8 Å². The molecule has 5 heteroatoms. The van der Waals surface area contributed by atoms with Crippen molar-refractivity contribution in [1.82, 2.24) is 10.1 Å². The number of anilines is 1. The molecule has 0 aliphatic rings. The van der Waals surface area contributed by atoms with E-state index in [1.54, 1.807) is 31.1 Å². The molecule has 0 N–H and O–H groups in total. The fourth-order valence-corrected chi connectivity index (χ4v) is 2.53. The van der Waals surface area contributed by atoms with E-state index in [0.29, 0.717) is 22.7 Å². The second-order valence-corrected chi connectivity index (χ2v) is 4.91. The summed E-state index contributed by atoms with van der Waals surface area (Å²) in [7, 11) is 1.73. The predicted molar refractivity (Wildman–Crippen MR) is 80.5 cm³/mol. The van der Waals surface area contributed by atoms with Gasteiger partial charge in [-0.15, -0.1) is 0 Å². The maximum Gasteiger partial charge on any atom is 0.258 e. The molecule has 0 radical (unpaired) electrons. The number of pyridine rings is 1. The van der Waals surface area contributed by atoms with Gasteiger partial charge in [-0.3, -0.25) is 9.78 Å². The third-order valence-corrected chi connectivity index (χ3v) is 3.51. The highest BCUT2D eigenvalue weighted by Gasteiger charge is 2.22. The first-order valence-electron chi connectivity index (χ1n) is 6.64. The summed E-state index contributed by atoms with van der Waals surface area (Å²) in [6, 6.07) is 9.26. The molecule has 106 valence electrons. The molecular weight excluding hydrogens is 266 g/mol. The van der Waals surface area contributed by atoms with Gasteiger partial charge < -0.3 is 9.42 Å². The van der Waals surface area contributed by atoms with Gasteiger partial charge in [-0.25, -0.2) is 0 Å². The van der Waals surface area contributed by atoms with E-state index in [-0.39, 0.29) is 5.91 Å². The quantitative estimate of drug-likeness (QED) is 0.724. The highest BCUT2D eigenvalue weighted by Crippen LogP contribution is 2.26. The Morgan fingerprint density at radius 1 is 1.19 bits per heavy atom. The average Bonchev–Trinajstić information content (AvgIpc) is 2.84. The Kier molecular flexibility index (Phi) is 3.17. The molecule has 0 fully saturated rings. The van der Waals surface area contributed by atoms with Gasteiger partial charge in [0.1, 0.15) is 11.4 Å². The summed E-state index contributed by atoms with van der Waals surface area (Å²) >= 11 is 0. The van der Waals surface area contributed by atoms with Crippen molar-refractivity contribution in [3.8, 4) is 0 Å². The van der Waals surface area contributed by atoms with E-state index in [4.69, 9.17) is 4.52 Å². The van der Waals surface area contributed by atoms with Crippen LogP contribution >= 0.6 is 0 Å². The molecule has 0 spiro atoms. The Morgan fingerprint density at radius 2 is 2.00 bits per heavy atom. The van der Waals surface area contributed by atoms with Gasteiger partial charge in [0, 0.05) is 24.2 Å². The van der Waals surface area contributed by atoms with Crippen LogP contribution in [0.15, 0.2) is 41.1 Å². The molecule has 1 aromatic carbocycles. The molecular formula is C16H15N3O2. The summed E-state index contributed by atoms with van der Waals surface area (Å²) < 4.78 is 5.13. The van der Waals surface area contributed by atoms with Crippen molar-refractivity contribution < 1.29 is 9.32 Å². The molecule has 0 saturated heterocycles. The van der Waals surface area contributed by atoms with E-state index in [2.05, 4.69) is 10.1 Å². The Bertz CT molecular complexity index is 799. The number of nitrogens with zero attached hydrogens (tertiary/aromatic N) is 3. The van der Waals surface area contributed by atoms with Crippen LogP contribution < -0.4 is 4.90 Å². The van der Waals surface area contributed by atoms with Gasteiger partial charge in [-0.2, -0.15) is 0 Å². The molecule has 5 nitrogen and oxygen atoms in total. The van der Waals surface area contributed by atoms with E-state index < -0.39 is 0 Å². The lowest BCUT2D eigenvalue weighted by atomic mass is 10.1. The van der Waals surface area contributed by atoms with Crippen molar-refractivity contribution in [3.05, 3.63) is 53.5 Å². The first kappa shape index (κ1) is 13.3. The third-order valence-electron chi connectivity index (χ3n) is 3.51. The van der Waals surface area contributed by atoms with Gasteiger partial charge in [0.25, 0.3) is 5.91 Å². The van der Waals surface area contributed by atoms with Crippen LogP contribution in [0.5, 0.6) is 0 Å². The summed E-state index contributed by atoms with van der Waals surface area (Å²) in [4.78, 5) is 18.6. The van der Waals surface area contributed by atoms with Gasteiger partial charge in [0.15, 0.2) is 5.76 Å². The fourth-order valence-electron chi connectivity index (χ4n) is 2.53. The molecule has 0 saturated carbocycles. The molecule has 0 bridgehead atoms. The highest BCUT2D eigenvalue weighted by molar-refractivity contribution is 6.13. The second kappa shape index (κ2) is 5.01. The number of hydrogen-bond donors (Lipinski definition) is 0. The number of hydrogen-bond acceptors (Lipinski definition) is 4. The number of fused-ring (bicyclic) bond motifs is 1. The zero-order chi connectivity index (χ0) is 15.0. The first-order valence-corrected chi connectivity index (χ1v) is 6.64. The van der Waals surface area contributed by atoms with Crippen LogP contribution in [0.4, 0.5) is 5.69 Å². The van der Waals surface area contributed by atoms with E-state index in [9.17, 15) is 4.79 Å². The monoisotopic (exact) mass is 281 g/mol. The minimum absolute atomic E-state index is 0.108. The second-order valence-electron chi connectivity index (χ2n) is 4.91. The minimum Gasteiger partial charge on any atom is -0.359 e. The molecule has 21 heavy (non-hydrogen) atoms. The lowest BCUT2D eigenvalue weighted by Gasteiger charge is -2.17. The summed E-state index contributed by atoms with van der Waals surface area (Å²) in [6.07, 6.45) is 1.72. The first-order chi connectivity index (χ1) is 10.1.